The summed E-state index contributed by atoms with van der Waals surface area (Å²) in [5.74, 6) is 0.976. The molecule has 108 valence electrons. The van der Waals surface area contributed by atoms with Gasteiger partial charge in [0.2, 0.25) is 0 Å². The van der Waals surface area contributed by atoms with E-state index in [2.05, 4.69) is 65.1 Å². The van der Waals surface area contributed by atoms with Crippen molar-refractivity contribution in [1.82, 2.24) is 4.90 Å². The summed E-state index contributed by atoms with van der Waals surface area (Å²) in [7, 11) is 2.16. The Kier molecular flexibility index (Phi) is 5.63. The van der Waals surface area contributed by atoms with Crippen LogP contribution in [0.1, 0.15) is 38.2 Å². The van der Waals surface area contributed by atoms with Gasteiger partial charge in [-0.2, -0.15) is 5.26 Å². The summed E-state index contributed by atoms with van der Waals surface area (Å²) in [4.78, 5) is 2.37. The van der Waals surface area contributed by atoms with Crippen LogP contribution in [0.15, 0.2) is 28.7 Å². The lowest BCUT2D eigenvalue weighted by Gasteiger charge is -2.38. The molecule has 0 aromatic heterocycles. The van der Waals surface area contributed by atoms with Gasteiger partial charge in [0.05, 0.1) is 12.0 Å². The highest BCUT2D eigenvalue weighted by Crippen LogP contribution is 2.33. The molecule has 0 aliphatic heterocycles. The maximum atomic E-state index is 9.40. The van der Waals surface area contributed by atoms with Crippen LogP contribution >= 0.6 is 15.9 Å². The second-order valence-corrected chi connectivity index (χ2v) is 6.85. The molecule has 0 bridgehead atoms. The molecular weight excluding hydrogens is 312 g/mol. The zero-order valence-electron chi connectivity index (χ0n) is 12.3. The minimum absolute atomic E-state index is 0.190. The van der Waals surface area contributed by atoms with E-state index < -0.39 is 0 Å². The summed E-state index contributed by atoms with van der Waals surface area (Å²) in [5, 5.41) is 9.40. The maximum absolute atomic E-state index is 9.40. The fourth-order valence-electron chi connectivity index (χ4n) is 3.28. The molecule has 0 amide bonds. The number of hydrogen-bond acceptors (Lipinski definition) is 2. The number of halogens is 1. The van der Waals surface area contributed by atoms with Gasteiger partial charge in [0, 0.05) is 17.1 Å². The van der Waals surface area contributed by atoms with Crippen molar-refractivity contribution in [3.05, 3.63) is 34.3 Å². The predicted octanol–water partition coefficient (Wildman–Crippen LogP) is 4.60. The van der Waals surface area contributed by atoms with Gasteiger partial charge < -0.3 is 0 Å². The van der Waals surface area contributed by atoms with Crippen LogP contribution < -0.4 is 0 Å². The third-order valence-electron chi connectivity index (χ3n) is 4.56. The highest BCUT2D eigenvalue weighted by Gasteiger charge is 2.32. The Bertz CT molecular complexity index is 480. The van der Waals surface area contributed by atoms with Gasteiger partial charge in [0.25, 0.3) is 0 Å². The highest BCUT2D eigenvalue weighted by atomic mass is 79.9. The normalized spacial score (nSPS) is 26.4. The van der Waals surface area contributed by atoms with E-state index >= 15 is 0 Å². The predicted molar refractivity (Wildman–Crippen MR) is 86.1 cm³/mol. The van der Waals surface area contributed by atoms with E-state index in [1.54, 1.807) is 0 Å². The van der Waals surface area contributed by atoms with Crippen LogP contribution in [0.4, 0.5) is 0 Å². The standard InChI is InChI=1S/C17H23BrN2/c1-3-13-7-8-15(11-19)17(10-13)20(2)12-14-5-4-6-16(18)9-14/h4-6,9,13,15,17H,3,7-8,10,12H2,1-2H3. The van der Waals surface area contributed by atoms with Crippen molar-refractivity contribution in [3.63, 3.8) is 0 Å². The molecule has 1 fully saturated rings. The lowest BCUT2D eigenvalue weighted by molar-refractivity contribution is 0.118. The van der Waals surface area contributed by atoms with Gasteiger partial charge in [-0.15, -0.1) is 0 Å². The fourth-order valence-corrected chi connectivity index (χ4v) is 3.73. The summed E-state index contributed by atoms with van der Waals surface area (Å²) >= 11 is 3.52. The molecule has 1 saturated carbocycles. The molecule has 1 aromatic rings. The van der Waals surface area contributed by atoms with E-state index in [1.807, 2.05) is 0 Å². The van der Waals surface area contributed by atoms with Crippen LogP contribution in [-0.2, 0) is 6.54 Å². The number of rotatable bonds is 4. The fraction of sp³-hybridized carbons (Fsp3) is 0.588. The molecule has 2 nitrogen and oxygen atoms in total. The first kappa shape index (κ1) is 15.5. The Hall–Kier alpha value is -0.850. The quantitative estimate of drug-likeness (QED) is 0.804. The van der Waals surface area contributed by atoms with Crippen LogP contribution in [0.2, 0.25) is 0 Å². The van der Waals surface area contributed by atoms with E-state index in [0.717, 1.165) is 23.4 Å². The molecule has 0 saturated heterocycles. The monoisotopic (exact) mass is 334 g/mol. The molecule has 0 N–H and O–H groups in total. The Morgan fingerprint density at radius 2 is 2.20 bits per heavy atom. The van der Waals surface area contributed by atoms with Gasteiger partial charge in [-0.3, -0.25) is 4.90 Å². The lowest BCUT2D eigenvalue weighted by Crippen LogP contribution is -2.41. The van der Waals surface area contributed by atoms with Gasteiger partial charge >= 0.3 is 0 Å². The van der Waals surface area contributed by atoms with Crippen LogP contribution in [0.25, 0.3) is 0 Å². The van der Waals surface area contributed by atoms with Crippen molar-refractivity contribution in [2.45, 2.75) is 45.2 Å². The summed E-state index contributed by atoms with van der Waals surface area (Å²) < 4.78 is 1.12. The van der Waals surface area contributed by atoms with E-state index in [-0.39, 0.29) is 5.92 Å². The summed E-state index contributed by atoms with van der Waals surface area (Å²) in [6, 6.07) is 11.4. The van der Waals surface area contributed by atoms with Crippen molar-refractivity contribution in [2.75, 3.05) is 7.05 Å². The highest BCUT2D eigenvalue weighted by molar-refractivity contribution is 9.10. The van der Waals surface area contributed by atoms with E-state index in [1.165, 1.54) is 24.8 Å². The lowest BCUT2D eigenvalue weighted by atomic mass is 9.77. The first-order chi connectivity index (χ1) is 9.63. The van der Waals surface area contributed by atoms with E-state index in [4.69, 9.17) is 0 Å². The topological polar surface area (TPSA) is 27.0 Å². The van der Waals surface area contributed by atoms with Gasteiger partial charge in [0.15, 0.2) is 0 Å². The van der Waals surface area contributed by atoms with Gasteiger partial charge in [-0.1, -0.05) is 41.4 Å². The maximum Gasteiger partial charge on any atom is 0.0672 e. The molecule has 1 aliphatic rings. The van der Waals surface area contributed by atoms with Crippen LogP contribution in [0.5, 0.6) is 0 Å². The molecule has 20 heavy (non-hydrogen) atoms. The number of hydrogen-bond donors (Lipinski definition) is 0. The van der Waals surface area contributed by atoms with Gasteiger partial charge in [-0.05, 0) is 49.9 Å². The molecule has 0 spiro atoms. The van der Waals surface area contributed by atoms with Crippen LogP contribution in [0, 0.1) is 23.2 Å². The minimum atomic E-state index is 0.190. The van der Waals surface area contributed by atoms with Crippen molar-refractivity contribution in [2.24, 2.45) is 11.8 Å². The second-order valence-electron chi connectivity index (χ2n) is 5.94. The molecule has 3 heteroatoms. The number of nitriles is 1. The van der Waals surface area contributed by atoms with E-state index in [0.29, 0.717) is 6.04 Å². The minimum Gasteiger partial charge on any atom is -0.298 e. The van der Waals surface area contributed by atoms with E-state index in [9.17, 15) is 5.26 Å². The molecule has 3 unspecified atom stereocenters. The van der Waals surface area contributed by atoms with Crippen molar-refractivity contribution < 1.29 is 0 Å². The summed E-state index contributed by atoms with van der Waals surface area (Å²) in [6.07, 6.45) is 4.68. The smallest absolute Gasteiger partial charge is 0.0672 e. The molecular formula is C17H23BrN2. The molecule has 1 aliphatic carbocycles. The third-order valence-corrected chi connectivity index (χ3v) is 5.05. The largest absolute Gasteiger partial charge is 0.298 e. The van der Waals surface area contributed by atoms with Crippen molar-refractivity contribution in [3.8, 4) is 6.07 Å². The first-order valence-electron chi connectivity index (χ1n) is 7.48. The molecule has 1 aromatic carbocycles. The summed E-state index contributed by atoms with van der Waals surface area (Å²) in [6.45, 7) is 3.18. The van der Waals surface area contributed by atoms with Crippen LogP contribution in [-0.4, -0.2) is 18.0 Å². The Balaban J connectivity index is 2.05. The molecule has 3 atom stereocenters. The zero-order valence-corrected chi connectivity index (χ0v) is 13.9. The zero-order chi connectivity index (χ0) is 14.5. The Labute approximate surface area is 130 Å². The molecule has 0 radical (unpaired) electrons. The van der Waals surface area contributed by atoms with Gasteiger partial charge in [-0.25, -0.2) is 0 Å². The second kappa shape index (κ2) is 7.24. The first-order valence-corrected chi connectivity index (χ1v) is 8.27. The molecule has 0 heterocycles. The third kappa shape index (κ3) is 3.84. The van der Waals surface area contributed by atoms with Crippen molar-refractivity contribution >= 4 is 15.9 Å². The Morgan fingerprint density at radius 3 is 2.85 bits per heavy atom. The number of benzene rings is 1. The van der Waals surface area contributed by atoms with Crippen LogP contribution in [0.3, 0.4) is 0 Å². The van der Waals surface area contributed by atoms with Crippen molar-refractivity contribution in [1.29, 1.82) is 5.26 Å². The average molecular weight is 335 g/mol. The average Bonchev–Trinajstić information content (AvgIpc) is 2.46. The SMILES string of the molecule is CCC1CCC(C#N)C(N(C)Cc2cccc(Br)c2)C1. The summed E-state index contributed by atoms with van der Waals surface area (Å²) in [5.41, 5.74) is 1.30. The number of nitrogens with zero attached hydrogens (tertiary/aromatic N) is 2. The van der Waals surface area contributed by atoms with Gasteiger partial charge in [0.1, 0.15) is 0 Å². The molecule has 2 rings (SSSR count). The Morgan fingerprint density at radius 1 is 1.40 bits per heavy atom.